The Morgan fingerprint density at radius 3 is 2.36 bits per heavy atom. The second-order valence-corrected chi connectivity index (χ2v) is 10.1. The molecular weight excluding hydrogens is 462 g/mol. The van der Waals surface area contributed by atoms with Gasteiger partial charge in [-0.05, 0) is 63.1 Å². The first-order valence-corrected chi connectivity index (χ1v) is 12.2. The Labute approximate surface area is 209 Å². The Morgan fingerprint density at radius 2 is 1.72 bits per heavy atom. The van der Waals surface area contributed by atoms with E-state index in [2.05, 4.69) is 10.6 Å². The lowest BCUT2D eigenvalue weighted by Crippen LogP contribution is -2.55. The molecule has 3 heterocycles. The van der Waals surface area contributed by atoms with Crippen LogP contribution in [0.3, 0.4) is 0 Å². The number of rotatable bonds is 7. The molecule has 190 valence electrons. The van der Waals surface area contributed by atoms with E-state index in [1.807, 2.05) is 25.1 Å². The Kier molecular flexibility index (Phi) is 6.00. The SMILES string of the molecule is COc1ccc(NC(=O)C2N([C@H](C)CO)C(=O)[C@@H]3[C@@H](C(=O)Nc4ccccc4)[C@@]4(C)CCC23O4)cc1. The molecule has 3 saturated heterocycles. The van der Waals surface area contributed by atoms with Crippen molar-refractivity contribution in [1.29, 1.82) is 0 Å². The highest BCUT2D eigenvalue weighted by molar-refractivity contribution is 6.05. The van der Waals surface area contributed by atoms with E-state index in [9.17, 15) is 19.5 Å². The maximum absolute atomic E-state index is 13.9. The van der Waals surface area contributed by atoms with Crippen LogP contribution in [0.4, 0.5) is 11.4 Å². The maximum Gasteiger partial charge on any atom is 0.250 e. The zero-order chi connectivity index (χ0) is 25.7. The van der Waals surface area contributed by atoms with Crippen LogP contribution in [0, 0.1) is 11.8 Å². The van der Waals surface area contributed by atoms with Crippen molar-refractivity contribution in [2.45, 2.75) is 50.0 Å². The van der Waals surface area contributed by atoms with E-state index in [0.29, 0.717) is 30.0 Å². The number of methoxy groups -OCH3 is 1. The van der Waals surface area contributed by atoms with Crippen molar-refractivity contribution < 1.29 is 29.0 Å². The smallest absolute Gasteiger partial charge is 0.250 e. The molecular formula is C27H31N3O6. The Bertz CT molecular complexity index is 1170. The lowest BCUT2D eigenvalue weighted by atomic mass is 9.66. The average molecular weight is 494 g/mol. The Morgan fingerprint density at radius 1 is 1.08 bits per heavy atom. The highest BCUT2D eigenvalue weighted by atomic mass is 16.5. The minimum atomic E-state index is -1.16. The van der Waals surface area contributed by atoms with Gasteiger partial charge in [-0.25, -0.2) is 0 Å². The molecule has 0 aliphatic carbocycles. The summed E-state index contributed by atoms with van der Waals surface area (Å²) in [6, 6.07) is 14.3. The third-order valence-corrected chi connectivity index (χ3v) is 7.88. The molecule has 6 atom stereocenters. The molecule has 3 N–H and O–H groups in total. The number of benzene rings is 2. The van der Waals surface area contributed by atoms with Gasteiger partial charge in [0.25, 0.3) is 0 Å². The van der Waals surface area contributed by atoms with Gasteiger partial charge in [-0.1, -0.05) is 18.2 Å². The molecule has 2 unspecified atom stereocenters. The van der Waals surface area contributed by atoms with E-state index in [0.717, 1.165) is 0 Å². The summed E-state index contributed by atoms with van der Waals surface area (Å²) in [5.74, 6) is -2.02. The van der Waals surface area contributed by atoms with E-state index in [-0.39, 0.29) is 18.4 Å². The number of ether oxygens (including phenoxy) is 2. The summed E-state index contributed by atoms with van der Waals surface area (Å²) in [4.78, 5) is 42.6. The normalized spacial score (nSPS) is 31.2. The second-order valence-electron chi connectivity index (χ2n) is 10.1. The quantitative estimate of drug-likeness (QED) is 0.545. The van der Waals surface area contributed by atoms with Crippen molar-refractivity contribution in [3.05, 3.63) is 54.6 Å². The molecule has 36 heavy (non-hydrogen) atoms. The molecule has 0 saturated carbocycles. The average Bonchev–Trinajstić information content (AvgIpc) is 3.45. The number of likely N-dealkylation sites (tertiary alicyclic amines) is 1. The van der Waals surface area contributed by atoms with E-state index in [1.54, 1.807) is 50.4 Å². The number of nitrogens with one attached hydrogen (secondary N) is 2. The van der Waals surface area contributed by atoms with Crippen molar-refractivity contribution in [3.63, 3.8) is 0 Å². The van der Waals surface area contributed by atoms with Crippen LogP contribution in [0.25, 0.3) is 0 Å². The van der Waals surface area contributed by atoms with Crippen LogP contribution in [-0.4, -0.2) is 64.7 Å². The van der Waals surface area contributed by atoms with Gasteiger partial charge in [0.05, 0.1) is 37.2 Å². The van der Waals surface area contributed by atoms with Crippen molar-refractivity contribution in [2.75, 3.05) is 24.4 Å². The molecule has 9 heteroatoms. The lowest BCUT2D eigenvalue weighted by molar-refractivity contribution is -0.146. The molecule has 5 rings (SSSR count). The molecule has 2 aromatic carbocycles. The molecule has 2 bridgehead atoms. The minimum Gasteiger partial charge on any atom is -0.497 e. The van der Waals surface area contributed by atoms with E-state index < -0.39 is 41.0 Å². The van der Waals surface area contributed by atoms with Gasteiger partial charge in [0.2, 0.25) is 17.7 Å². The van der Waals surface area contributed by atoms with Gasteiger partial charge in [0, 0.05) is 11.4 Å². The fourth-order valence-corrected chi connectivity index (χ4v) is 6.25. The molecule has 3 fully saturated rings. The zero-order valence-corrected chi connectivity index (χ0v) is 20.6. The van der Waals surface area contributed by atoms with Crippen LogP contribution in [0.5, 0.6) is 5.75 Å². The fraction of sp³-hybridized carbons (Fsp3) is 0.444. The number of carbonyl (C=O) groups is 3. The van der Waals surface area contributed by atoms with Gasteiger partial charge in [0.15, 0.2) is 0 Å². The van der Waals surface area contributed by atoms with Crippen molar-refractivity contribution in [2.24, 2.45) is 11.8 Å². The van der Waals surface area contributed by atoms with Gasteiger partial charge in [-0.2, -0.15) is 0 Å². The number of anilines is 2. The number of aliphatic hydroxyl groups excluding tert-OH is 1. The van der Waals surface area contributed by atoms with Gasteiger partial charge < -0.3 is 30.1 Å². The summed E-state index contributed by atoms with van der Waals surface area (Å²) in [6.45, 7) is 3.22. The van der Waals surface area contributed by atoms with E-state index in [4.69, 9.17) is 9.47 Å². The second kappa shape index (κ2) is 8.90. The molecule has 3 aliphatic rings. The summed E-state index contributed by atoms with van der Waals surface area (Å²) >= 11 is 0. The summed E-state index contributed by atoms with van der Waals surface area (Å²) in [7, 11) is 1.56. The maximum atomic E-state index is 13.9. The predicted octanol–water partition coefficient (Wildman–Crippen LogP) is 2.42. The standard InChI is InChI=1S/C27H31N3O6/c1-16(15-31)30-22(24(33)29-18-9-11-19(35-3)12-10-18)27-14-13-26(2,36-27)20(21(27)25(30)34)23(32)28-17-7-5-4-6-8-17/h4-12,16,20-22,31H,13-15H2,1-3H3,(H,28,32)(H,29,33)/t16-,20+,21+,22?,26-,27?/m1/s1. The van der Waals surface area contributed by atoms with Crippen molar-refractivity contribution in [1.82, 2.24) is 4.90 Å². The first-order chi connectivity index (χ1) is 17.2. The molecule has 3 amide bonds. The Balaban J connectivity index is 1.49. The number of amides is 3. The molecule has 3 aliphatic heterocycles. The highest BCUT2D eigenvalue weighted by Gasteiger charge is 2.78. The molecule has 0 radical (unpaired) electrons. The van der Waals surface area contributed by atoms with Crippen LogP contribution in [-0.2, 0) is 19.1 Å². The number of hydrogen-bond donors (Lipinski definition) is 3. The van der Waals surface area contributed by atoms with Crippen molar-refractivity contribution in [3.8, 4) is 5.75 Å². The molecule has 1 spiro atoms. The van der Waals surface area contributed by atoms with Gasteiger partial charge >= 0.3 is 0 Å². The van der Waals surface area contributed by atoms with E-state index >= 15 is 0 Å². The van der Waals surface area contributed by atoms with Crippen LogP contribution in [0.15, 0.2) is 54.6 Å². The van der Waals surface area contributed by atoms with Gasteiger partial charge in [-0.15, -0.1) is 0 Å². The lowest BCUT2D eigenvalue weighted by Gasteiger charge is -2.35. The third kappa shape index (κ3) is 3.65. The predicted molar refractivity (Wildman–Crippen MR) is 132 cm³/mol. The fourth-order valence-electron chi connectivity index (χ4n) is 6.25. The Hall–Kier alpha value is -3.43. The van der Waals surface area contributed by atoms with Crippen LogP contribution in [0.2, 0.25) is 0 Å². The monoisotopic (exact) mass is 493 g/mol. The first kappa shape index (κ1) is 24.3. The van der Waals surface area contributed by atoms with Crippen LogP contribution >= 0.6 is 0 Å². The van der Waals surface area contributed by atoms with Gasteiger partial charge in [-0.3, -0.25) is 14.4 Å². The number of fused-ring (bicyclic) bond motifs is 1. The van der Waals surface area contributed by atoms with E-state index in [1.165, 1.54) is 4.90 Å². The van der Waals surface area contributed by atoms with Crippen LogP contribution in [0.1, 0.15) is 26.7 Å². The summed E-state index contributed by atoms with van der Waals surface area (Å²) < 4.78 is 11.7. The summed E-state index contributed by atoms with van der Waals surface area (Å²) in [5, 5.41) is 15.8. The summed E-state index contributed by atoms with van der Waals surface area (Å²) in [5.41, 5.74) is -0.874. The number of hydrogen-bond acceptors (Lipinski definition) is 6. The van der Waals surface area contributed by atoms with Crippen molar-refractivity contribution >= 4 is 29.1 Å². The number of carbonyl (C=O) groups excluding carboxylic acids is 3. The molecule has 2 aromatic rings. The third-order valence-electron chi connectivity index (χ3n) is 7.88. The topological polar surface area (TPSA) is 117 Å². The minimum absolute atomic E-state index is 0.309. The largest absolute Gasteiger partial charge is 0.497 e. The highest BCUT2D eigenvalue weighted by Crippen LogP contribution is 2.63. The summed E-state index contributed by atoms with van der Waals surface area (Å²) in [6.07, 6.45) is 1.00. The number of para-hydroxylation sites is 1. The number of nitrogens with zero attached hydrogens (tertiary/aromatic N) is 1. The zero-order valence-electron chi connectivity index (χ0n) is 20.6. The van der Waals surface area contributed by atoms with Gasteiger partial charge in [0.1, 0.15) is 17.4 Å². The number of aliphatic hydroxyl groups is 1. The van der Waals surface area contributed by atoms with Crippen LogP contribution < -0.4 is 15.4 Å². The molecule has 0 aromatic heterocycles. The molecule has 9 nitrogen and oxygen atoms in total. The first-order valence-electron chi connectivity index (χ1n) is 12.2.